The Hall–Kier alpha value is -0.0700. The standard InChI is InChI=1S/C18H35N3O2.2ClH/c1-15(2)23-14-13-21-11-7-17(8-12-21)20-18(22)4-3-16-5-9-19-10-6-16;;/h15-17,19H,3-14H2,1-2H3,(H,20,22);2*1H. The van der Waals surface area contributed by atoms with Gasteiger partial charge in [-0.05, 0) is 65.0 Å². The summed E-state index contributed by atoms with van der Waals surface area (Å²) in [7, 11) is 0. The molecule has 2 rings (SSSR count). The molecule has 0 aliphatic carbocycles. The molecule has 150 valence electrons. The number of carbonyl (C=O) groups excluding carboxylic acids is 1. The van der Waals surface area contributed by atoms with E-state index in [0.29, 0.717) is 18.6 Å². The molecule has 2 aliphatic heterocycles. The molecule has 2 heterocycles. The lowest BCUT2D eigenvalue weighted by atomic mass is 9.93. The van der Waals surface area contributed by atoms with Crippen molar-refractivity contribution >= 4 is 30.7 Å². The monoisotopic (exact) mass is 397 g/mol. The minimum atomic E-state index is 0. The summed E-state index contributed by atoms with van der Waals surface area (Å²) in [4.78, 5) is 14.6. The third kappa shape index (κ3) is 10.6. The molecule has 2 N–H and O–H groups in total. The fourth-order valence-electron chi connectivity index (χ4n) is 3.52. The molecule has 2 fully saturated rings. The Morgan fingerprint density at radius 2 is 1.80 bits per heavy atom. The van der Waals surface area contributed by atoms with Gasteiger partial charge >= 0.3 is 0 Å². The minimum Gasteiger partial charge on any atom is -0.377 e. The Bertz CT molecular complexity index is 345. The van der Waals surface area contributed by atoms with E-state index in [1.807, 2.05) is 0 Å². The third-order valence-electron chi connectivity index (χ3n) is 5.05. The maximum Gasteiger partial charge on any atom is 0.220 e. The van der Waals surface area contributed by atoms with Gasteiger partial charge < -0.3 is 20.3 Å². The molecule has 5 nitrogen and oxygen atoms in total. The molecule has 1 amide bonds. The van der Waals surface area contributed by atoms with Gasteiger partial charge in [0.15, 0.2) is 0 Å². The summed E-state index contributed by atoms with van der Waals surface area (Å²) in [5, 5.41) is 6.62. The van der Waals surface area contributed by atoms with Crippen molar-refractivity contribution in [1.82, 2.24) is 15.5 Å². The van der Waals surface area contributed by atoms with E-state index in [0.717, 1.165) is 64.5 Å². The van der Waals surface area contributed by atoms with E-state index in [9.17, 15) is 4.79 Å². The summed E-state index contributed by atoms with van der Waals surface area (Å²) < 4.78 is 5.61. The number of hydrogen-bond donors (Lipinski definition) is 2. The van der Waals surface area contributed by atoms with Gasteiger partial charge in [0, 0.05) is 32.1 Å². The van der Waals surface area contributed by atoms with E-state index in [1.165, 1.54) is 12.8 Å². The summed E-state index contributed by atoms with van der Waals surface area (Å²) in [6.45, 7) is 10.3. The van der Waals surface area contributed by atoms with Gasteiger partial charge in [0.25, 0.3) is 0 Å². The first-order valence-electron chi connectivity index (χ1n) is 9.47. The number of rotatable bonds is 8. The lowest BCUT2D eigenvalue weighted by Crippen LogP contribution is -2.45. The van der Waals surface area contributed by atoms with Crippen LogP contribution in [0, 0.1) is 5.92 Å². The Morgan fingerprint density at radius 1 is 1.16 bits per heavy atom. The average molecular weight is 398 g/mol. The summed E-state index contributed by atoms with van der Waals surface area (Å²) in [6.07, 6.45) is 6.66. The molecule has 0 aromatic rings. The zero-order chi connectivity index (χ0) is 16.5. The Labute approximate surface area is 165 Å². The van der Waals surface area contributed by atoms with Crippen molar-refractivity contribution in [2.24, 2.45) is 5.92 Å². The first-order chi connectivity index (χ1) is 11.1. The fourth-order valence-corrected chi connectivity index (χ4v) is 3.52. The van der Waals surface area contributed by atoms with E-state index in [4.69, 9.17) is 4.74 Å². The van der Waals surface area contributed by atoms with Crippen LogP contribution in [0.1, 0.15) is 52.4 Å². The highest BCUT2D eigenvalue weighted by Crippen LogP contribution is 2.18. The second-order valence-corrected chi connectivity index (χ2v) is 7.34. The number of hydrogen-bond acceptors (Lipinski definition) is 4. The van der Waals surface area contributed by atoms with Crippen molar-refractivity contribution in [1.29, 1.82) is 0 Å². The first kappa shape index (κ1) is 24.9. The minimum absolute atomic E-state index is 0. The molecule has 2 saturated heterocycles. The molecule has 0 radical (unpaired) electrons. The predicted molar refractivity (Wildman–Crippen MR) is 108 cm³/mol. The highest BCUT2D eigenvalue weighted by molar-refractivity contribution is 5.85. The number of piperidine rings is 2. The van der Waals surface area contributed by atoms with Crippen LogP contribution in [0.5, 0.6) is 0 Å². The van der Waals surface area contributed by atoms with Crippen LogP contribution in [0.25, 0.3) is 0 Å². The van der Waals surface area contributed by atoms with Crippen LogP contribution < -0.4 is 10.6 Å². The van der Waals surface area contributed by atoms with Crippen molar-refractivity contribution in [2.75, 3.05) is 39.3 Å². The third-order valence-corrected chi connectivity index (χ3v) is 5.05. The van der Waals surface area contributed by atoms with E-state index in [-0.39, 0.29) is 30.7 Å². The molecule has 0 aromatic carbocycles. The summed E-state index contributed by atoms with van der Waals surface area (Å²) in [6, 6.07) is 0.373. The van der Waals surface area contributed by atoms with Gasteiger partial charge in [-0.15, -0.1) is 24.8 Å². The van der Waals surface area contributed by atoms with E-state index in [2.05, 4.69) is 29.4 Å². The number of halogens is 2. The smallest absolute Gasteiger partial charge is 0.220 e. The topological polar surface area (TPSA) is 53.6 Å². The zero-order valence-corrected chi connectivity index (χ0v) is 17.4. The molecule has 7 heteroatoms. The van der Waals surface area contributed by atoms with Crippen LogP contribution in [-0.2, 0) is 9.53 Å². The van der Waals surface area contributed by atoms with Gasteiger partial charge in [0.1, 0.15) is 0 Å². The second kappa shape index (κ2) is 14.0. The van der Waals surface area contributed by atoms with E-state index >= 15 is 0 Å². The molecule has 0 unspecified atom stereocenters. The zero-order valence-electron chi connectivity index (χ0n) is 15.8. The van der Waals surface area contributed by atoms with E-state index < -0.39 is 0 Å². The highest BCUT2D eigenvalue weighted by atomic mass is 35.5. The molecule has 0 bridgehead atoms. The highest BCUT2D eigenvalue weighted by Gasteiger charge is 2.21. The van der Waals surface area contributed by atoms with Crippen LogP contribution in [0.3, 0.4) is 0 Å². The van der Waals surface area contributed by atoms with Crippen molar-refractivity contribution in [3.05, 3.63) is 0 Å². The number of amides is 1. The number of ether oxygens (including phenoxy) is 1. The average Bonchev–Trinajstić information content (AvgIpc) is 2.55. The van der Waals surface area contributed by atoms with Crippen molar-refractivity contribution in [2.45, 2.75) is 64.5 Å². The van der Waals surface area contributed by atoms with Crippen LogP contribution in [0.4, 0.5) is 0 Å². The maximum absolute atomic E-state index is 12.1. The van der Waals surface area contributed by atoms with Crippen molar-refractivity contribution in [3.8, 4) is 0 Å². The van der Waals surface area contributed by atoms with Crippen LogP contribution in [0.2, 0.25) is 0 Å². The van der Waals surface area contributed by atoms with Gasteiger partial charge in [-0.25, -0.2) is 0 Å². The number of nitrogens with one attached hydrogen (secondary N) is 2. The maximum atomic E-state index is 12.1. The van der Waals surface area contributed by atoms with Crippen molar-refractivity contribution in [3.63, 3.8) is 0 Å². The van der Waals surface area contributed by atoms with Crippen LogP contribution in [-0.4, -0.2) is 62.3 Å². The number of likely N-dealkylation sites (tertiary alicyclic amines) is 1. The van der Waals surface area contributed by atoms with Crippen LogP contribution >= 0.6 is 24.8 Å². The fraction of sp³-hybridized carbons (Fsp3) is 0.944. The summed E-state index contributed by atoms with van der Waals surface area (Å²) in [5.74, 6) is 0.995. The Morgan fingerprint density at radius 3 is 2.40 bits per heavy atom. The van der Waals surface area contributed by atoms with E-state index in [1.54, 1.807) is 0 Å². The van der Waals surface area contributed by atoms with Crippen molar-refractivity contribution < 1.29 is 9.53 Å². The number of carbonyl (C=O) groups is 1. The molecule has 0 spiro atoms. The summed E-state index contributed by atoms with van der Waals surface area (Å²) in [5.41, 5.74) is 0. The summed E-state index contributed by atoms with van der Waals surface area (Å²) >= 11 is 0. The number of nitrogens with zero attached hydrogens (tertiary/aromatic N) is 1. The normalized spacial score (nSPS) is 20.0. The largest absolute Gasteiger partial charge is 0.377 e. The molecule has 25 heavy (non-hydrogen) atoms. The quantitative estimate of drug-likeness (QED) is 0.660. The lowest BCUT2D eigenvalue weighted by Gasteiger charge is -2.32. The van der Waals surface area contributed by atoms with Gasteiger partial charge in [-0.1, -0.05) is 0 Å². The molecule has 0 aromatic heterocycles. The SMILES string of the molecule is CC(C)OCCN1CCC(NC(=O)CCC2CCNCC2)CC1.Cl.Cl. The van der Waals surface area contributed by atoms with Gasteiger partial charge in [0.05, 0.1) is 12.7 Å². The molecule has 2 aliphatic rings. The first-order valence-corrected chi connectivity index (χ1v) is 9.47. The molecule has 0 atom stereocenters. The lowest BCUT2D eigenvalue weighted by molar-refractivity contribution is -0.122. The Balaban J connectivity index is 0.00000288. The van der Waals surface area contributed by atoms with Crippen LogP contribution in [0.15, 0.2) is 0 Å². The van der Waals surface area contributed by atoms with Gasteiger partial charge in [0.2, 0.25) is 5.91 Å². The Kier molecular flexibility index (Phi) is 14.0. The molecular formula is C18H37Cl2N3O2. The predicted octanol–water partition coefficient (Wildman–Crippen LogP) is 2.62. The van der Waals surface area contributed by atoms with Gasteiger partial charge in [-0.2, -0.15) is 0 Å². The molecule has 0 saturated carbocycles. The van der Waals surface area contributed by atoms with Gasteiger partial charge in [-0.3, -0.25) is 4.79 Å². The second-order valence-electron chi connectivity index (χ2n) is 7.34. The molecular weight excluding hydrogens is 361 g/mol.